The third kappa shape index (κ3) is 6.24. The maximum Gasteiger partial charge on any atom is 0.188 e. The van der Waals surface area contributed by atoms with Crippen LogP contribution in [0.1, 0.15) is 51.5 Å². The van der Waals surface area contributed by atoms with Crippen molar-refractivity contribution < 1.29 is 9.47 Å². The molecule has 0 heterocycles. The number of aliphatic imine (C=N–C) groups is 1. The van der Waals surface area contributed by atoms with Gasteiger partial charge < -0.3 is 20.5 Å². The van der Waals surface area contributed by atoms with Crippen LogP contribution in [0.5, 0.6) is 11.5 Å². The Balaban J connectivity index is 0.00000312. The Labute approximate surface area is 168 Å². The van der Waals surface area contributed by atoms with Crippen LogP contribution in [0.2, 0.25) is 0 Å². The number of nitrogens with one attached hydrogen (secondary N) is 1. The highest BCUT2D eigenvalue weighted by Crippen LogP contribution is 2.33. The van der Waals surface area contributed by atoms with Gasteiger partial charge in [-0.25, -0.2) is 0 Å². The highest BCUT2D eigenvalue weighted by atomic mass is 127. The molecular formula is C19H32IN3O2. The lowest BCUT2D eigenvalue weighted by molar-refractivity contribution is 0.353. The first-order chi connectivity index (χ1) is 11.5. The molecular weight excluding hydrogens is 429 g/mol. The van der Waals surface area contributed by atoms with Crippen molar-refractivity contribution in [1.82, 2.24) is 5.32 Å². The fourth-order valence-corrected chi connectivity index (χ4v) is 3.13. The van der Waals surface area contributed by atoms with E-state index in [-0.39, 0.29) is 29.4 Å². The molecule has 0 amide bonds. The molecule has 0 spiro atoms. The molecule has 3 N–H and O–H groups in total. The molecule has 1 aromatic carbocycles. The van der Waals surface area contributed by atoms with E-state index >= 15 is 0 Å². The van der Waals surface area contributed by atoms with Gasteiger partial charge in [-0.15, -0.1) is 24.0 Å². The van der Waals surface area contributed by atoms with Gasteiger partial charge in [0.25, 0.3) is 0 Å². The van der Waals surface area contributed by atoms with Crippen LogP contribution in [0.4, 0.5) is 0 Å². The summed E-state index contributed by atoms with van der Waals surface area (Å²) in [5.41, 5.74) is 7.09. The lowest BCUT2D eigenvalue weighted by atomic mass is 9.84. The Morgan fingerprint density at radius 1 is 1.16 bits per heavy atom. The summed E-state index contributed by atoms with van der Waals surface area (Å²) in [5.74, 6) is 2.02. The van der Waals surface area contributed by atoms with Crippen LogP contribution in [0, 0.1) is 0 Å². The Morgan fingerprint density at radius 3 is 2.40 bits per heavy atom. The molecule has 0 unspecified atom stereocenters. The molecule has 0 radical (unpaired) electrons. The van der Waals surface area contributed by atoms with Gasteiger partial charge in [0.2, 0.25) is 0 Å². The summed E-state index contributed by atoms with van der Waals surface area (Å²) in [6.45, 7) is 4.94. The topological polar surface area (TPSA) is 68.9 Å². The fourth-order valence-electron chi connectivity index (χ4n) is 3.13. The van der Waals surface area contributed by atoms with E-state index in [9.17, 15) is 0 Å². The van der Waals surface area contributed by atoms with Gasteiger partial charge in [0.15, 0.2) is 17.5 Å². The van der Waals surface area contributed by atoms with Gasteiger partial charge >= 0.3 is 0 Å². The average molecular weight is 461 g/mol. The summed E-state index contributed by atoms with van der Waals surface area (Å²) in [5, 5.41) is 3.37. The molecule has 1 fully saturated rings. The number of halogens is 1. The third-order valence-electron chi connectivity index (χ3n) is 4.77. The molecule has 0 aromatic heterocycles. The Kier molecular flexibility index (Phi) is 8.82. The van der Waals surface area contributed by atoms with Crippen molar-refractivity contribution in [2.45, 2.75) is 57.4 Å². The lowest BCUT2D eigenvalue weighted by Crippen LogP contribution is -2.41. The molecule has 0 aliphatic heterocycles. The number of nitrogens with two attached hydrogens (primary N) is 1. The van der Waals surface area contributed by atoms with Crippen molar-refractivity contribution in [2.75, 3.05) is 20.8 Å². The molecule has 0 bridgehead atoms. The smallest absolute Gasteiger partial charge is 0.188 e. The summed E-state index contributed by atoms with van der Waals surface area (Å²) in [7, 11) is 3.30. The highest BCUT2D eigenvalue weighted by molar-refractivity contribution is 14.0. The first-order valence-corrected chi connectivity index (χ1v) is 8.75. The van der Waals surface area contributed by atoms with Gasteiger partial charge in [-0.3, -0.25) is 4.99 Å². The third-order valence-corrected chi connectivity index (χ3v) is 4.77. The molecule has 1 aliphatic rings. The Hall–Kier alpha value is -1.18. The van der Waals surface area contributed by atoms with E-state index in [1.165, 1.54) is 32.1 Å². The van der Waals surface area contributed by atoms with Crippen molar-refractivity contribution in [3.05, 3.63) is 23.8 Å². The van der Waals surface area contributed by atoms with Crippen molar-refractivity contribution in [2.24, 2.45) is 10.7 Å². The summed E-state index contributed by atoms with van der Waals surface area (Å²) < 4.78 is 10.7. The molecule has 0 atom stereocenters. The van der Waals surface area contributed by atoms with E-state index in [0.29, 0.717) is 18.5 Å². The largest absolute Gasteiger partial charge is 0.493 e. The van der Waals surface area contributed by atoms with Crippen molar-refractivity contribution in [3.63, 3.8) is 0 Å². The standard InChI is InChI=1S/C19H31N3O2.HI/c1-19(2,14-10-11-16(23-3)17(12-14)24-4)13-21-18(20)22-15-8-6-5-7-9-15;/h10-12,15H,5-9,13H2,1-4H3,(H3,20,21,22);1H. The molecule has 2 rings (SSSR count). The van der Waals surface area contributed by atoms with Crippen LogP contribution in [-0.4, -0.2) is 32.8 Å². The molecule has 25 heavy (non-hydrogen) atoms. The zero-order valence-electron chi connectivity index (χ0n) is 15.8. The van der Waals surface area contributed by atoms with Crippen molar-refractivity contribution in [1.29, 1.82) is 0 Å². The monoisotopic (exact) mass is 461 g/mol. The summed E-state index contributed by atoms with van der Waals surface area (Å²) in [4.78, 5) is 4.58. The SMILES string of the molecule is COc1ccc(C(C)(C)CN=C(N)NC2CCCCC2)cc1OC.I. The Bertz CT molecular complexity index is 570. The number of ether oxygens (including phenoxy) is 2. The molecule has 1 saturated carbocycles. The summed E-state index contributed by atoms with van der Waals surface area (Å²) >= 11 is 0. The zero-order valence-corrected chi connectivity index (χ0v) is 18.1. The number of hydrogen-bond donors (Lipinski definition) is 2. The van der Waals surface area contributed by atoms with E-state index in [1.807, 2.05) is 12.1 Å². The van der Waals surface area contributed by atoms with Gasteiger partial charge in [0.05, 0.1) is 20.8 Å². The predicted molar refractivity (Wildman–Crippen MR) is 114 cm³/mol. The maximum atomic E-state index is 6.09. The van der Waals surface area contributed by atoms with Gasteiger partial charge in [0, 0.05) is 11.5 Å². The summed E-state index contributed by atoms with van der Waals surface area (Å²) in [6, 6.07) is 6.48. The second-order valence-electron chi connectivity index (χ2n) is 7.13. The predicted octanol–water partition coefficient (Wildman–Crippen LogP) is 3.84. The van der Waals surface area contributed by atoms with Crippen LogP contribution in [0.15, 0.2) is 23.2 Å². The maximum absolute atomic E-state index is 6.09. The second-order valence-corrected chi connectivity index (χ2v) is 7.13. The number of benzene rings is 1. The van der Waals surface area contributed by atoms with E-state index in [1.54, 1.807) is 14.2 Å². The van der Waals surface area contributed by atoms with Crippen molar-refractivity contribution in [3.8, 4) is 11.5 Å². The van der Waals surface area contributed by atoms with Crippen LogP contribution >= 0.6 is 24.0 Å². The molecule has 0 saturated heterocycles. The van der Waals surface area contributed by atoms with E-state index < -0.39 is 0 Å². The van der Waals surface area contributed by atoms with Gasteiger partial charge in [-0.2, -0.15) is 0 Å². The highest BCUT2D eigenvalue weighted by Gasteiger charge is 2.22. The van der Waals surface area contributed by atoms with Crippen LogP contribution in [0.3, 0.4) is 0 Å². The minimum Gasteiger partial charge on any atom is -0.493 e. The first-order valence-electron chi connectivity index (χ1n) is 8.75. The molecule has 1 aromatic rings. The summed E-state index contributed by atoms with van der Waals surface area (Å²) in [6.07, 6.45) is 6.27. The average Bonchev–Trinajstić information content (AvgIpc) is 2.60. The minimum atomic E-state index is -0.140. The Morgan fingerprint density at radius 2 is 1.80 bits per heavy atom. The van der Waals surface area contributed by atoms with Crippen LogP contribution in [0.25, 0.3) is 0 Å². The molecule has 5 nitrogen and oxygen atoms in total. The number of guanidine groups is 1. The molecule has 1 aliphatic carbocycles. The second kappa shape index (κ2) is 10.1. The quantitative estimate of drug-likeness (QED) is 0.384. The molecule has 142 valence electrons. The van der Waals surface area contributed by atoms with Gasteiger partial charge in [0.1, 0.15) is 0 Å². The van der Waals surface area contributed by atoms with Crippen LogP contribution in [-0.2, 0) is 5.41 Å². The fraction of sp³-hybridized carbons (Fsp3) is 0.632. The zero-order chi connectivity index (χ0) is 17.6. The number of rotatable bonds is 6. The van der Waals surface area contributed by atoms with Gasteiger partial charge in [-0.1, -0.05) is 39.2 Å². The van der Waals surface area contributed by atoms with E-state index in [0.717, 1.165) is 17.1 Å². The van der Waals surface area contributed by atoms with E-state index in [4.69, 9.17) is 15.2 Å². The lowest BCUT2D eigenvalue weighted by Gasteiger charge is -2.26. The van der Waals surface area contributed by atoms with Gasteiger partial charge in [-0.05, 0) is 30.5 Å². The van der Waals surface area contributed by atoms with Crippen molar-refractivity contribution >= 4 is 29.9 Å². The number of hydrogen-bond acceptors (Lipinski definition) is 3. The molecule has 6 heteroatoms. The minimum absolute atomic E-state index is 0. The normalized spacial score (nSPS) is 16.1. The van der Waals surface area contributed by atoms with Crippen LogP contribution < -0.4 is 20.5 Å². The first kappa shape index (κ1) is 21.9. The number of methoxy groups -OCH3 is 2. The van der Waals surface area contributed by atoms with E-state index in [2.05, 4.69) is 30.2 Å². The number of nitrogens with zero attached hydrogens (tertiary/aromatic N) is 1.